The lowest BCUT2D eigenvalue weighted by atomic mass is 10.0. The molecule has 184 valence electrons. The second-order valence-electron chi connectivity index (χ2n) is 7.88. The van der Waals surface area contributed by atoms with E-state index in [2.05, 4.69) is 15.6 Å². The zero-order valence-corrected chi connectivity index (χ0v) is 20.5. The predicted octanol–water partition coefficient (Wildman–Crippen LogP) is 6.10. The number of rotatable bonds is 6. The second-order valence-corrected chi connectivity index (χ2v) is 8.70. The Labute approximate surface area is 220 Å². The number of hydrogen-bond acceptors (Lipinski definition) is 7. The molecular formula is C26H17ClN4O5S. The van der Waals surface area contributed by atoms with Crippen molar-refractivity contribution >= 4 is 68.1 Å². The van der Waals surface area contributed by atoms with Gasteiger partial charge >= 0.3 is 0 Å². The maximum atomic E-state index is 12.2. The van der Waals surface area contributed by atoms with Crippen LogP contribution in [0.1, 0.15) is 0 Å². The summed E-state index contributed by atoms with van der Waals surface area (Å²) < 4.78 is 11.3. The van der Waals surface area contributed by atoms with Crippen LogP contribution in [0.5, 0.6) is 5.75 Å². The van der Waals surface area contributed by atoms with Crippen molar-refractivity contribution in [3.63, 3.8) is 0 Å². The molecule has 1 heterocycles. The number of nitrogens with zero attached hydrogens (tertiary/aromatic N) is 2. The van der Waals surface area contributed by atoms with Gasteiger partial charge < -0.3 is 14.5 Å². The van der Waals surface area contributed by atoms with E-state index in [0.29, 0.717) is 33.4 Å². The highest BCUT2D eigenvalue weighted by molar-refractivity contribution is 7.80. The summed E-state index contributed by atoms with van der Waals surface area (Å²) in [6.07, 6.45) is 0. The van der Waals surface area contributed by atoms with E-state index in [4.69, 9.17) is 33.0 Å². The van der Waals surface area contributed by atoms with Crippen molar-refractivity contribution in [1.29, 1.82) is 0 Å². The Balaban J connectivity index is 1.24. The summed E-state index contributed by atoms with van der Waals surface area (Å²) >= 11 is 11.6. The highest BCUT2D eigenvalue weighted by atomic mass is 35.5. The van der Waals surface area contributed by atoms with Crippen LogP contribution in [0.4, 0.5) is 11.4 Å². The maximum absolute atomic E-state index is 12.2. The first-order chi connectivity index (χ1) is 17.9. The molecule has 11 heteroatoms. The van der Waals surface area contributed by atoms with E-state index in [0.717, 1.165) is 16.3 Å². The molecule has 0 radical (unpaired) electrons. The molecule has 0 aliphatic rings. The standard InChI is InChI=1S/C26H17ClN4O5S/c27-21-6-2-3-18-19(21)4-1-5-20(18)25-29-22-13-15(7-12-23(22)36-25)28-26(37)30-24(32)14-35-17-10-8-16(9-11-17)31(33)34/h1-13H,14H2,(H2,28,30,32,37). The molecule has 5 aromatic rings. The van der Waals surface area contributed by atoms with Gasteiger partial charge in [-0.1, -0.05) is 35.9 Å². The summed E-state index contributed by atoms with van der Waals surface area (Å²) in [5.41, 5.74) is 2.55. The molecule has 9 nitrogen and oxygen atoms in total. The van der Waals surface area contributed by atoms with Crippen LogP contribution in [0.25, 0.3) is 33.3 Å². The number of halogens is 1. The minimum absolute atomic E-state index is 0.0695. The molecule has 0 spiro atoms. The summed E-state index contributed by atoms with van der Waals surface area (Å²) in [5.74, 6) is 0.287. The van der Waals surface area contributed by atoms with Gasteiger partial charge in [-0.05, 0) is 60.1 Å². The third-order valence-corrected chi connectivity index (χ3v) is 5.95. The quantitative estimate of drug-likeness (QED) is 0.153. The monoisotopic (exact) mass is 532 g/mol. The van der Waals surface area contributed by atoms with Crippen LogP contribution >= 0.6 is 23.8 Å². The first-order valence-electron chi connectivity index (χ1n) is 10.9. The molecule has 0 fully saturated rings. The number of nitro benzene ring substituents is 1. The van der Waals surface area contributed by atoms with Crippen LogP contribution in [0.3, 0.4) is 0 Å². The maximum Gasteiger partial charge on any atom is 0.269 e. The number of carbonyl (C=O) groups is 1. The average molecular weight is 533 g/mol. The van der Waals surface area contributed by atoms with Crippen LogP contribution in [0.15, 0.2) is 83.3 Å². The molecule has 5 rings (SSSR count). The summed E-state index contributed by atoms with van der Waals surface area (Å²) in [6.45, 7) is -0.319. The minimum atomic E-state index is -0.516. The third-order valence-electron chi connectivity index (χ3n) is 5.42. The zero-order chi connectivity index (χ0) is 25.9. The molecule has 1 amide bonds. The minimum Gasteiger partial charge on any atom is -0.484 e. The fourth-order valence-electron chi connectivity index (χ4n) is 3.72. The Morgan fingerprint density at radius 3 is 2.59 bits per heavy atom. The molecule has 4 aromatic carbocycles. The molecule has 37 heavy (non-hydrogen) atoms. The average Bonchev–Trinajstić information content (AvgIpc) is 3.31. The van der Waals surface area contributed by atoms with E-state index in [1.807, 2.05) is 36.4 Å². The number of nitro groups is 1. The molecule has 0 bridgehead atoms. The van der Waals surface area contributed by atoms with Crippen LogP contribution < -0.4 is 15.4 Å². The van der Waals surface area contributed by atoms with Crippen LogP contribution in [0.2, 0.25) is 5.02 Å². The van der Waals surface area contributed by atoms with Gasteiger partial charge in [-0.25, -0.2) is 4.98 Å². The Bertz CT molecular complexity index is 1670. The van der Waals surface area contributed by atoms with Crippen molar-refractivity contribution in [2.24, 2.45) is 0 Å². The number of fused-ring (bicyclic) bond motifs is 2. The first-order valence-corrected chi connectivity index (χ1v) is 11.7. The SMILES string of the molecule is O=C(COc1ccc([N+](=O)[O-])cc1)NC(=S)Nc1ccc2oc(-c3cccc4c(Cl)cccc34)nc2c1. The fourth-order valence-corrected chi connectivity index (χ4v) is 4.19. The lowest BCUT2D eigenvalue weighted by molar-refractivity contribution is -0.384. The van der Waals surface area contributed by atoms with Gasteiger partial charge in [0.05, 0.1) is 4.92 Å². The number of carbonyl (C=O) groups excluding carboxylic acids is 1. The first kappa shape index (κ1) is 24.2. The highest BCUT2D eigenvalue weighted by Gasteiger charge is 2.14. The lowest BCUT2D eigenvalue weighted by Crippen LogP contribution is -2.37. The van der Waals surface area contributed by atoms with Crippen LogP contribution in [0, 0.1) is 10.1 Å². The number of thiocarbonyl (C=S) groups is 1. The molecular weight excluding hydrogens is 516 g/mol. The highest BCUT2D eigenvalue weighted by Crippen LogP contribution is 2.34. The number of aromatic nitrogens is 1. The number of hydrogen-bond donors (Lipinski definition) is 2. The van der Waals surface area contributed by atoms with E-state index >= 15 is 0 Å². The van der Waals surface area contributed by atoms with Crippen molar-refractivity contribution in [1.82, 2.24) is 10.3 Å². The van der Waals surface area contributed by atoms with Gasteiger partial charge in [0.2, 0.25) is 5.89 Å². The largest absolute Gasteiger partial charge is 0.484 e. The van der Waals surface area contributed by atoms with Crippen LogP contribution in [-0.4, -0.2) is 27.5 Å². The van der Waals surface area contributed by atoms with Crippen molar-refractivity contribution in [3.05, 3.63) is 94.0 Å². The molecule has 0 aliphatic heterocycles. The van der Waals surface area contributed by atoms with Gasteiger partial charge in [-0.2, -0.15) is 0 Å². The Morgan fingerprint density at radius 2 is 1.81 bits per heavy atom. The Hall–Kier alpha value is -4.54. The summed E-state index contributed by atoms with van der Waals surface area (Å²) in [4.78, 5) is 27.0. The number of nitrogens with one attached hydrogen (secondary N) is 2. The van der Waals surface area contributed by atoms with E-state index in [9.17, 15) is 14.9 Å². The van der Waals surface area contributed by atoms with Crippen molar-refractivity contribution in [2.75, 3.05) is 11.9 Å². The van der Waals surface area contributed by atoms with Gasteiger partial charge in [0.15, 0.2) is 17.3 Å². The van der Waals surface area contributed by atoms with E-state index in [1.54, 1.807) is 18.2 Å². The molecule has 1 aromatic heterocycles. The summed E-state index contributed by atoms with van der Waals surface area (Å²) in [7, 11) is 0. The number of non-ortho nitro benzene ring substituents is 1. The Morgan fingerprint density at radius 1 is 1.05 bits per heavy atom. The van der Waals surface area contributed by atoms with Crippen molar-refractivity contribution in [3.8, 4) is 17.2 Å². The van der Waals surface area contributed by atoms with E-state index in [1.165, 1.54) is 24.3 Å². The number of benzene rings is 4. The molecule has 0 aliphatic carbocycles. The van der Waals surface area contributed by atoms with Gasteiger partial charge in [0, 0.05) is 33.8 Å². The summed E-state index contributed by atoms with van der Waals surface area (Å²) in [5, 5.41) is 18.7. The topological polar surface area (TPSA) is 120 Å². The van der Waals surface area contributed by atoms with Gasteiger partial charge in [0.1, 0.15) is 11.3 Å². The molecule has 0 unspecified atom stereocenters. The predicted molar refractivity (Wildman–Crippen MR) is 145 cm³/mol. The second kappa shape index (κ2) is 10.2. The third kappa shape index (κ3) is 5.35. The van der Waals surface area contributed by atoms with Gasteiger partial charge in [-0.3, -0.25) is 20.2 Å². The number of oxazole rings is 1. The van der Waals surface area contributed by atoms with E-state index in [-0.39, 0.29) is 17.4 Å². The number of ether oxygens (including phenoxy) is 1. The molecule has 2 N–H and O–H groups in total. The van der Waals surface area contributed by atoms with Gasteiger partial charge in [-0.15, -0.1) is 0 Å². The van der Waals surface area contributed by atoms with Crippen LogP contribution in [-0.2, 0) is 4.79 Å². The van der Waals surface area contributed by atoms with Crippen molar-refractivity contribution < 1.29 is 18.9 Å². The van der Waals surface area contributed by atoms with E-state index < -0.39 is 10.8 Å². The normalized spacial score (nSPS) is 10.8. The molecule has 0 saturated carbocycles. The fraction of sp³-hybridized carbons (Fsp3) is 0.0385. The van der Waals surface area contributed by atoms with Crippen molar-refractivity contribution in [2.45, 2.75) is 0 Å². The summed E-state index contributed by atoms with van der Waals surface area (Å²) in [6, 6.07) is 22.1. The smallest absolute Gasteiger partial charge is 0.269 e. The van der Waals surface area contributed by atoms with Gasteiger partial charge in [0.25, 0.3) is 11.6 Å². The molecule has 0 atom stereocenters. The lowest BCUT2D eigenvalue weighted by Gasteiger charge is -2.10. The Kier molecular flexibility index (Phi) is 6.67. The number of anilines is 1. The number of amides is 1. The zero-order valence-electron chi connectivity index (χ0n) is 18.9. The molecule has 0 saturated heterocycles.